The van der Waals surface area contributed by atoms with E-state index in [1.165, 1.54) is 12.8 Å². The van der Waals surface area contributed by atoms with Gasteiger partial charge in [-0.2, -0.15) is 0 Å². The molecule has 126 valence electrons. The molecular weight excluding hydrogens is 288 g/mol. The lowest BCUT2D eigenvalue weighted by atomic mass is 9.88. The standard InChI is InChI=1S/C18H28N4O/c1-20-12-8-15(9-13-20)17-7-5-11-22(17)18(23)21(2)14-16-6-3-4-10-19-16/h3-4,6,10,15,17H,5,7-9,11-14H2,1-2H3/t17-/m0/s1. The maximum atomic E-state index is 12.9. The number of likely N-dealkylation sites (tertiary alicyclic amines) is 2. The zero-order chi connectivity index (χ0) is 16.2. The zero-order valence-corrected chi connectivity index (χ0v) is 14.3. The molecule has 3 rings (SSSR count). The van der Waals surface area contributed by atoms with Crippen molar-refractivity contribution in [2.75, 3.05) is 33.7 Å². The Hall–Kier alpha value is -1.62. The predicted octanol–water partition coefficient (Wildman–Crippen LogP) is 2.44. The van der Waals surface area contributed by atoms with Gasteiger partial charge in [0.15, 0.2) is 0 Å². The minimum absolute atomic E-state index is 0.164. The van der Waals surface area contributed by atoms with Gasteiger partial charge in [0.25, 0.3) is 0 Å². The van der Waals surface area contributed by atoms with Crippen LogP contribution in [-0.2, 0) is 6.54 Å². The van der Waals surface area contributed by atoms with Crippen molar-refractivity contribution in [3.63, 3.8) is 0 Å². The van der Waals surface area contributed by atoms with Gasteiger partial charge in [0.2, 0.25) is 0 Å². The number of hydrogen-bond donors (Lipinski definition) is 0. The number of pyridine rings is 1. The quantitative estimate of drug-likeness (QED) is 0.860. The van der Waals surface area contributed by atoms with E-state index in [0.29, 0.717) is 18.5 Å². The van der Waals surface area contributed by atoms with E-state index < -0.39 is 0 Å². The maximum Gasteiger partial charge on any atom is 0.320 e. The van der Waals surface area contributed by atoms with E-state index in [4.69, 9.17) is 0 Å². The van der Waals surface area contributed by atoms with E-state index in [1.807, 2.05) is 30.1 Å². The lowest BCUT2D eigenvalue weighted by Crippen LogP contribution is -2.48. The van der Waals surface area contributed by atoms with Gasteiger partial charge < -0.3 is 14.7 Å². The highest BCUT2D eigenvalue weighted by atomic mass is 16.2. The number of carbonyl (C=O) groups is 1. The Morgan fingerprint density at radius 3 is 2.74 bits per heavy atom. The first-order valence-electron chi connectivity index (χ1n) is 8.75. The molecule has 23 heavy (non-hydrogen) atoms. The van der Waals surface area contributed by atoms with Crippen LogP contribution < -0.4 is 0 Å². The largest absolute Gasteiger partial charge is 0.322 e. The van der Waals surface area contributed by atoms with Crippen molar-refractivity contribution < 1.29 is 4.79 Å². The van der Waals surface area contributed by atoms with Crippen molar-refractivity contribution in [2.45, 2.75) is 38.3 Å². The molecule has 0 unspecified atom stereocenters. The summed E-state index contributed by atoms with van der Waals surface area (Å²) in [5.41, 5.74) is 0.943. The molecule has 2 amide bonds. The minimum atomic E-state index is 0.164. The number of piperidine rings is 1. The summed E-state index contributed by atoms with van der Waals surface area (Å²) in [5.74, 6) is 0.668. The van der Waals surface area contributed by atoms with E-state index in [9.17, 15) is 4.79 Å². The molecule has 0 saturated carbocycles. The average Bonchev–Trinajstić information content (AvgIpc) is 3.05. The second-order valence-electron chi connectivity index (χ2n) is 7.00. The van der Waals surface area contributed by atoms with Crippen LogP contribution in [0.25, 0.3) is 0 Å². The Bertz CT molecular complexity index is 513. The van der Waals surface area contributed by atoms with Crippen LogP contribution in [0, 0.1) is 5.92 Å². The van der Waals surface area contributed by atoms with Crippen molar-refractivity contribution in [1.82, 2.24) is 19.7 Å². The first kappa shape index (κ1) is 16.2. The number of nitrogens with zero attached hydrogens (tertiary/aromatic N) is 4. The normalized spacial score (nSPS) is 23.2. The summed E-state index contributed by atoms with van der Waals surface area (Å²) in [6.07, 6.45) is 6.52. The van der Waals surface area contributed by atoms with Crippen molar-refractivity contribution in [3.05, 3.63) is 30.1 Å². The van der Waals surface area contributed by atoms with Crippen LogP contribution in [0.15, 0.2) is 24.4 Å². The third-order valence-electron chi connectivity index (χ3n) is 5.30. The lowest BCUT2D eigenvalue weighted by Gasteiger charge is -2.38. The minimum Gasteiger partial charge on any atom is -0.322 e. The van der Waals surface area contributed by atoms with Gasteiger partial charge in [0.1, 0.15) is 0 Å². The number of urea groups is 1. The molecular formula is C18H28N4O. The summed E-state index contributed by atoms with van der Waals surface area (Å²) in [7, 11) is 4.08. The second kappa shape index (κ2) is 7.30. The fourth-order valence-corrected chi connectivity index (χ4v) is 3.95. The molecule has 0 N–H and O–H groups in total. The van der Waals surface area contributed by atoms with Crippen molar-refractivity contribution in [1.29, 1.82) is 0 Å². The Labute approximate surface area is 139 Å². The summed E-state index contributed by atoms with van der Waals surface area (Å²) in [4.78, 5) is 23.5. The maximum absolute atomic E-state index is 12.9. The molecule has 3 heterocycles. The van der Waals surface area contributed by atoms with Gasteiger partial charge in [0.05, 0.1) is 12.2 Å². The first-order valence-corrected chi connectivity index (χ1v) is 8.75. The van der Waals surface area contributed by atoms with E-state index in [-0.39, 0.29) is 6.03 Å². The van der Waals surface area contributed by atoms with E-state index in [2.05, 4.69) is 21.8 Å². The van der Waals surface area contributed by atoms with Crippen LogP contribution in [0.1, 0.15) is 31.4 Å². The number of carbonyl (C=O) groups excluding carboxylic acids is 1. The van der Waals surface area contributed by atoms with E-state index >= 15 is 0 Å². The molecule has 0 aliphatic carbocycles. The third kappa shape index (κ3) is 3.83. The van der Waals surface area contributed by atoms with Gasteiger partial charge >= 0.3 is 6.03 Å². The summed E-state index contributed by atoms with van der Waals surface area (Å²) in [6.45, 7) is 3.80. The molecule has 2 aliphatic heterocycles. The monoisotopic (exact) mass is 316 g/mol. The van der Waals surface area contributed by atoms with Gasteiger partial charge in [-0.1, -0.05) is 6.07 Å². The van der Waals surface area contributed by atoms with Crippen LogP contribution in [-0.4, -0.2) is 65.5 Å². The molecule has 5 nitrogen and oxygen atoms in total. The SMILES string of the molecule is CN1CCC([C@@H]2CCCN2C(=O)N(C)Cc2ccccn2)CC1. The van der Waals surface area contributed by atoms with Crippen LogP contribution >= 0.6 is 0 Å². The van der Waals surface area contributed by atoms with Gasteiger partial charge in [-0.25, -0.2) is 4.79 Å². The Kier molecular flexibility index (Phi) is 5.16. The topological polar surface area (TPSA) is 39.7 Å². The molecule has 1 aromatic rings. The van der Waals surface area contributed by atoms with E-state index in [0.717, 1.165) is 38.2 Å². The van der Waals surface area contributed by atoms with Crippen LogP contribution in [0.5, 0.6) is 0 Å². The molecule has 0 radical (unpaired) electrons. The van der Waals surface area contributed by atoms with Crippen molar-refractivity contribution in [3.8, 4) is 0 Å². The first-order chi connectivity index (χ1) is 11.1. The number of hydrogen-bond acceptors (Lipinski definition) is 3. The van der Waals surface area contributed by atoms with Gasteiger partial charge in [-0.3, -0.25) is 4.98 Å². The summed E-state index contributed by atoms with van der Waals surface area (Å²) < 4.78 is 0. The molecule has 1 atom stereocenters. The number of aromatic nitrogens is 1. The van der Waals surface area contributed by atoms with Gasteiger partial charge in [-0.15, -0.1) is 0 Å². The third-order valence-corrected chi connectivity index (χ3v) is 5.30. The molecule has 2 fully saturated rings. The summed E-state index contributed by atoms with van der Waals surface area (Å²) >= 11 is 0. The van der Waals surface area contributed by atoms with Gasteiger partial charge in [0, 0.05) is 25.8 Å². The lowest BCUT2D eigenvalue weighted by molar-refractivity contribution is 0.113. The smallest absolute Gasteiger partial charge is 0.320 e. The molecule has 5 heteroatoms. The highest BCUT2D eigenvalue weighted by molar-refractivity contribution is 5.74. The second-order valence-corrected chi connectivity index (χ2v) is 7.00. The predicted molar refractivity (Wildman–Crippen MR) is 91.0 cm³/mol. The average molecular weight is 316 g/mol. The Balaban J connectivity index is 1.61. The Morgan fingerprint density at radius 1 is 1.26 bits per heavy atom. The number of amides is 2. The molecule has 0 aromatic carbocycles. The number of rotatable bonds is 3. The molecule has 2 saturated heterocycles. The highest BCUT2D eigenvalue weighted by Gasteiger charge is 2.36. The van der Waals surface area contributed by atoms with Crippen molar-refractivity contribution >= 4 is 6.03 Å². The summed E-state index contributed by atoms with van der Waals surface area (Å²) in [6, 6.07) is 6.45. The summed E-state index contributed by atoms with van der Waals surface area (Å²) in [5, 5.41) is 0. The Morgan fingerprint density at radius 2 is 2.04 bits per heavy atom. The highest BCUT2D eigenvalue weighted by Crippen LogP contribution is 2.31. The molecule has 1 aromatic heterocycles. The van der Waals surface area contributed by atoms with Crippen LogP contribution in [0.2, 0.25) is 0 Å². The van der Waals surface area contributed by atoms with Crippen LogP contribution in [0.3, 0.4) is 0 Å². The van der Waals surface area contributed by atoms with E-state index in [1.54, 1.807) is 6.20 Å². The molecule has 0 spiro atoms. The zero-order valence-electron chi connectivity index (χ0n) is 14.3. The van der Waals surface area contributed by atoms with Crippen LogP contribution in [0.4, 0.5) is 4.79 Å². The fourth-order valence-electron chi connectivity index (χ4n) is 3.95. The molecule has 2 aliphatic rings. The fraction of sp³-hybridized carbons (Fsp3) is 0.667. The van der Waals surface area contributed by atoms with Crippen molar-refractivity contribution in [2.24, 2.45) is 5.92 Å². The van der Waals surface area contributed by atoms with Gasteiger partial charge in [-0.05, 0) is 63.9 Å². The molecule has 0 bridgehead atoms.